The number of benzene rings is 1. The van der Waals surface area contributed by atoms with E-state index in [0.29, 0.717) is 11.3 Å². The first-order valence-corrected chi connectivity index (χ1v) is 7.30. The van der Waals surface area contributed by atoms with Crippen LogP contribution in [0.3, 0.4) is 0 Å². The highest BCUT2D eigenvalue weighted by atomic mass is 79.9. The zero-order valence-corrected chi connectivity index (χ0v) is 12.2. The van der Waals surface area contributed by atoms with Crippen LogP contribution in [0, 0.1) is 0 Å². The number of carbonyl (C=O) groups is 1. The number of carbonyl (C=O) groups excluding carboxylic acids is 1. The topological polar surface area (TPSA) is 42.0 Å². The predicted octanol–water partition coefficient (Wildman–Crippen LogP) is 4.31. The minimum Gasteiger partial charge on any atom is -0.321 e. The van der Waals surface area contributed by atoms with Crippen molar-refractivity contribution in [3.05, 3.63) is 58.1 Å². The lowest BCUT2D eigenvalue weighted by molar-refractivity contribution is 0.102. The second kappa shape index (κ2) is 5.11. The Hall–Kier alpha value is -1.72. The standard InChI is InChI=1S/C14H9BrN2OS/c15-13-6-5-9(7-16-13)17-14(18)11-8-19-12-4-2-1-3-10(11)12/h1-8H,(H,17,18). The molecule has 2 heterocycles. The van der Waals surface area contributed by atoms with Gasteiger partial charge in [-0.15, -0.1) is 11.3 Å². The van der Waals surface area contributed by atoms with Crippen molar-refractivity contribution in [2.45, 2.75) is 0 Å². The van der Waals surface area contributed by atoms with Gasteiger partial charge in [-0.1, -0.05) is 18.2 Å². The molecule has 0 aliphatic rings. The fourth-order valence-electron chi connectivity index (χ4n) is 1.80. The Labute approximate surface area is 122 Å². The van der Waals surface area contributed by atoms with E-state index in [-0.39, 0.29) is 5.91 Å². The Morgan fingerprint density at radius 1 is 1.21 bits per heavy atom. The van der Waals surface area contributed by atoms with Crippen molar-refractivity contribution in [2.75, 3.05) is 5.32 Å². The van der Waals surface area contributed by atoms with Gasteiger partial charge in [-0.3, -0.25) is 4.79 Å². The molecule has 0 radical (unpaired) electrons. The molecule has 0 aliphatic heterocycles. The van der Waals surface area contributed by atoms with Crippen LogP contribution < -0.4 is 5.32 Å². The van der Waals surface area contributed by atoms with Crippen molar-refractivity contribution in [1.82, 2.24) is 4.98 Å². The molecule has 0 saturated carbocycles. The number of pyridine rings is 1. The third-order valence-corrected chi connectivity index (χ3v) is 4.14. The molecule has 0 spiro atoms. The third-order valence-electron chi connectivity index (χ3n) is 2.71. The molecule has 0 atom stereocenters. The number of hydrogen-bond acceptors (Lipinski definition) is 3. The van der Waals surface area contributed by atoms with Crippen LogP contribution >= 0.6 is 27.3 Å². The van der Waals surface area contributed by atoms with Crippen LogP contribution in [0.2, 0.25) is 0 Å². The van der Waals surface area contributed by atoms with Gasteiger partial charge in [0.15, 0.2) is 0 Å². The monoisotopic (exact) mass is 332 g/mol. The van der Waals surface area contributed by atoms with Crippen molar-refractivity contribution < 1.29 is 4.79 Å². The lowest BCUT2D eigenvalue weighted by atomic mass is 10.1. The van der Waals surface area contributed by atoms with Gasteiger partial charge in [0.2, 0.25) is 0 Å². The average Bonchev–Trinajstić information content (AvgIpc) is 2.85. The number of hydrogen-bond donors (Lipinski definition) is 1. The molecule has 0 fully saturated rings. The molecule has 1 amide bonds. The molecule has 0 unspecified atom stereocenters. The van der Waals surface area contributed by atoms with Crippen LogP contribution in [-0.4, -0.2) is 10.9 Å². The zero-order valence-electron chi connectivity index (χ0n) is 9.76. The number of nitrogens with one attached hydrogen (secondary N) is 1. The van der Waals surface area contributed by atoms with E-state index in [0.717, 1.165) is 14.7 Å². The number of rotatable bonds is 2. The number of anilines is 1. The van der Waals surface area contributed by atoms with Gasteiger partial charge in [0.1, 0.15) is 4.60 Å². The Morgan fingerprint density at radius 2 is 2.05 bits per heavy atom. The molecule has 1 aromatic carbocycles. The van der Waals surface area contributed by atoms with E-state index in [4.69, 9.17) is 0 Å². The van der Waals surface area contributed by atoms with Crippen molar-refractivity contribution in [3.63, 3.8) is 0 Å². The summed E-state index contributed by atoms with van der Waals surface area (Å²) in [5.41, 5.74) is 1.38. The van der Waals surface area contributed by atoms with Crippen molar-refractivity contribution in [2.24, 2.45) is 0 Å². The first-order chi connectivity index (χ1) is 9.24. The maximum atomic E-state index is 12.2. The first kappa shape index (κ1) is 12.3. The maximum Gasteiger partial charge on any atom is 0.257 e. The highest BCUT2D eigenvalue weighted by Crippen LogP contribution is 2.26. The van der Waals surface area contributed by atoms with Crippen LogP contribution in [0.5, 0.6) is 0 Å². The van der Waals surface area contributed by atoms with Gasteiger partial charge in [0.05, 0.1) is 17.4 Å². The quantitative estimate of drug-likeness (QED) is 0.710. The largest absolute Gasteiger partial charge is 0.321 e. The van der Waals surface area contributed by atoms with Gasteiger partial charge in [-0.25, -0.2) is 4.98 Å². The van der Waals surface area contributed by atoms with E-state index >= 15 is 0 Å². The summed E-state index contributed by atoms with van der Waals surface area (Å²) in [4.78, 5) is 16.3. The van der Waals surface area contributed by atoms with Crippen molar-refractivity contribution in [1.29, 1.82) is 0 Å². The number of thiophene rings is 1. The molecular formula is C14H9BrN2OS. The first-order valence-electron chi connectivity index (χ1n) is 5.63. The Kier molecular flexibility index (Phi) is 3.31. The Morgan fingerprint density at radius 3 is 2.84 bits per heavy atom. The molecule has 0 saturated heterocycles. The summed E-state index contributed by atoms with van der Waals surface area (Å²) in [6.45, 7) is 0. The van der Waals surface area contributed by atoms with Gasteiger partial charge < -0.3 is 5.32 Å². The summed E-state index contributed by atoms with van der Waals surface area (Å²) in [6, 6.07) is 11.5. The Bertz CT molecular complexity index is 737. The molecule has 5 heteroatoms. The highest BCUT2D eigenvalue weighted by Gasteiger charge is 2.11. The van der Waals surface area contributed by atoms with Gasteiger partial charge >= 0.3 is 0 Å². The van der Waals surface area contributed by atoms with Crippen molar-refractivity contribution in [3.8, 4) is 0 Å². The van der Waals surface area contributed by atoms with E-state index in [9.17, 15) is 4.79 Å². The average molecular weight is 333 g/mol. The second-order valence-electron chi connectivity index (χ2n) is 3.97. The molecule has 3 rings (SSSR count). The van der Waals surface area contributed by atoms with Crippen LogP contribution in [0.4, 0.5) is 5.69 Å². The van der Waals surface area contributed by atoms with Gasteiger partial charge in [0, 0.05) is 15.5 Å². The summed E-state index contributed by atoms with van der Waals surface area (Å²) < 4.78 is 1.85. The number of nitrogens with zero attached hydrogens (tertiary/aromatic N) is 1. The van der Waals surface area contributed by atoms with Gasteiger partial charge in [0.25, 0.3) is 5.91 Å². The lowest BCUT2D eigenvalue weighted by Gasteiger charge is -2.03. The molecule has 2 aromatic heterocycles. The summed E-state index contributed by atoms with van der Waals surface area (Å²) in [6.07, 6.45) is 1.62. The third kappa shape index (κ3) is 2.52. The Balaban J connectivity index is 1.90. The zero-order chi connectivity index (χ0) is 13.2. The summed E-state index contributed by atoms with van der Waals surface area (Å²) in [7, 11) is 0. The van der Waals surface area contributed by atoms with Crippen LogP contribution in [-0.2, 0) is 0 Å². The fourth-order valence-corrected chi connectivity index (χ4v) is 2.98. The van der Waals surface area contributed by atoms with E-state index in [1.54, 1.807) is 23.6 Å². The predicted molar refractivity (Wildman–Crippen MR) is 81.7 cm³/mol. The van der Waals surface area contributed by atoms with E-state index in [1.807, 2.05) is 35.7 Å². The summed E-state index contributed by atoms with van der Waals surface area (Å²) in [5.74, 6) is -0.110. The lowest BCUT2D eigenvalue weighted by Crippen LogP contribution is -2.11. The molecule has 19 heavy (non-hydrogen) atoms. The number of fused-ring (bicyclic) bond motifs is 1. The molecule has 94 valence electrons. The second-order valence-corrected chi connectivity index (χ2v) is 5.69. The van der Waals surface area contributed by atoms with Gasteiger partial charge in [-0.05, 0) is 34.1 Å². The van der Waals surface area contributed by atoms with E-state index < -0.39 is 0 Å². The minimum absolute atomic E-state index is 0.110. The molecule has 0 bridgehead atoms. The normalized spacial score (nSPS) is 10.6. The number of aromatic nitrogens is 1. The molecule has 3 nitrogen and oxygen atoms in total. The van der Waals surface area contributed by atoms with Crippen LogP contribution in [0.25, 0.3) is 10.1 Å². The highest BCUT2D eigenvalue weighted by molar-refractivity contribution is 9.10. The maximum absolute atomic E-state index is 12.2. The fraction of sp³-hybridized carbons (Fsp3) is 0. The molecule has 1 N–H and O–H groups in total. The van der Waals surface area contributed by atoms with E-state index in [1.165, 1.54) is 0 Å². The SMILES string of the molecule is O=C(Nc1ccc(Br)nc1)c1csc2ccccc12. The molecule has 0 aliphatic carbocycles. The number of halogens is 1. The van der Waals surface area contributed by atoms with Crippen LogP contribution in [0.15, 0.2) is 52.6 Å². The van der Waals surface area contributed by atoms with Gasteiger partial charge in [-0.2, -0.15) is 0 Å². The summed E-state index contributed by atoms with van der Waals surface area (Å²) in [5, 5.41) is 5.71. The van der Waals surface area contributed by atoms with E-state index in [2.05, 4.69) is 26.2 Å². The molecular weight excluding hydrogens is 324 g/mol. The minimum atomic E-state index is -0.110. The summed E-state index contributed by atoms with van der Waals surface area (Å²) >= 11 is 4.83. The molecule has 3 aromatic rings. The smallest absolute Gasteiger partial charge is 0.257 e. The van der Waals surface area contributed by atoms with Crippen molar-refractivity contribution >= 4 is 48.9 Å². The van der Waals surface area contributed by atoms with Crippen LogP contribution in [0.1, 0.15) is 10.4 Å². The number of amides is 1.